The molecule has 2 N–H and O–H groups in total. The van der Waals surface area contributed by atoms with E-state index in [1.165, 1.54) is 16.4 Å². The van der Waals surface area contributed by atoms with E-state index in [1.54, 1.807) is 50.1 Å². The molecule has 0 saturated carbocycles. The van der Waals surface area contributed by atoms with E-state index < -0.39 is 0 Å². The molecular formula is C28H27N7O4. The van der Waals surface area contributed by atoms with E-state index in [-0.39, 0.29) is 29.2 Å². The molecule has 11 heteroatoms. The number of amides is 2. The van der Waals surface area contributed by atoms with Gasteiger partial charge in [-0.1, -0.05) is 24.3 Å². The van der Waals surface area contributed by atoms with Crippen LogP contribution in [0.2, 0.25) is 0 Å². The molecule has 0 aliphatic rings. The smallest absolute Gasteiger partial charge is 0.353 e. The van der Waals surface area contributed by atoms with Crippen molar-refractivity contribution >= 4 is 28.4 Å². The molecule has 0 saturated heterocycles. The van der Waals surface area contributed by atoms with Crippen molar-refractivity contribution in [3.63, 3.8) is 0 Å². The number of methoxy groups -OCH3 is 1. The Balaban J connectivity index is 1.52. The molecule has 3 aromatic carbocycles. The van der Waals surface area contributed by atoms with Crippen molar-refractivity contribution in [3.8, 4) is 22.8 Å². The van der Waals surface area contributed by atoms with Gasteiger partial charge < -0.3 is 15.4 Å². The Kier molecular flexibility index (Phi) is 6.48. The molecule has 0 aliphatic carbocycles. The number of nitrogens with zero attached hydrogens (tertiary/aromatic N) is 5. The molecule has 0 unspecified atom stereocenters. The Labute approximate surface area is 223 Å². The summed E-state index contributed by atoms with van der Waals surface area (Å²) < 4.78 is 9.53. The van der Waals surface area contributed by atoms with Gasteiger partial charge in [0.25, 0.3) is 11.8 Å². The number of anilines is 1. The zero-order chi connectivity index (χ0) is 27.8. The van der Waals surface area contributed by atoms with Crippen LogP contribution >= 0.6 is 0 Å². The second kappa shape index (κ2) is 9.93. The van der Waals surface area contributed by atoms with Crippen molar-refractivity contribution in [3.05, 3.63) is 88.0 Å². The van der Waals surface area contributed by atoms with E-state index in [2.05, 4.69) is 20.8 Å². The third-order valence-corrected chi connectivity index (χ3v) is 6.62. The van der Waals surface area contributed by atoms with E-state index >= 15 is 0 Å². The van der Waals surface area contributed by atoms with Crippen molar-refractivity contribution in [1.82, 2.24) is 29.4 Å². The van der Waals surface area contributed by atoms with Gasteiger partial charge in [-0.25, -0.2) is 14.0 Å². The van der Waals surface area contributed by atoms with Crippen molar-refractivity contribution in [1.29, 1.82) is 0 Å². The first-order valence-electron chi connectivity index (χ1n) is 12.1. The van der Waals surface area contributed by atoms with E-state index in [1.807, 2.05) is 43.3 Å². The lowest BCUT2D eigenvalue weighted by Crippen LogP contribution is -2.21. The molecule has 0 aliphatic heterocycles. The first-order chi connectivity index (χ1) is 18.7. The van der Waals surface area contributed by atoms with E-state index in [0.29, 0.717) is 16.9 Å². The van der Waals surface area contributed by atoms with Gasteiger partial charge in [0.15, 0.2) is 5.69 Å². The summed E-state index contributed by atoms with van der Waals surface area (Å²) in [6.45, 7) is 1.95. The molecule has 0 bridgehead atoms. The number of fused-ring (bicyclic) bond motifs is 1. The summed E-state index contributed by atoms with van der Waals surface area (Å²) in [6, 6.07) is 18.3. The van der Waals surface area contributed by atoms with Gasteiger partial charge in [0, 0.05) is 37.8 Å². The summed E-state index contributed by atoms with van der Waals surface area (Å²) in [6.07, 6.45) is 0. The van der Waals surface area contributed by atoms with Crippen LogP contribution in [0.4, 0.5) is 5.69 Å². The fraction of sp³-hybridized carbons (Fsp3) is 0.179. The van der Waals surface area contributed by atoms with Crippen molar-refractivity contribution < 1.29 is 14.3 Å². The molecule has 0 radical (unpaired) electrons. The van der Waals surface area contributed by atoms with Crippen LogP contribution in [0, 0.1) is 6.92 Å². The minimum Gasteiger partial charge on any atom is -0.467 e. The van der Waals surface area contributed by atoms with E-state index in [0.717, 1.165) is 27.6 Å². The summed E-state index contributed by atoms with van der Waals surface area (Å²) in [5.74, 6) is -0.624. The third kappa shape index (κ3) is 4.43. The molecule has 198 valence electrons. The van der Waals surface area contributed by atoms with Gasteiger partial charge in [0.2, 0.25) is 0 Å². The number of aromatic nitrogens is 5. The average Bonchev–Trinajstić information content (AvgIpc) is 3.44. The highest BCUT2D eigenvalue weighted by molar-refractivity contribution is 6.13. The van der Waals surface area contributed by atoms with Crippen LogP contribution in [0.15, 0.2) is 65.5 Å². The lowest BCUT2D eigenvalue weighted by molar-refractivity contribution is 0.0961. The number of benzene rings is 3. The fourth-order valence-corrected chi connectivity index (χ4v) is 4.65. The van der Waals surface area contributed by atoms with Crippen molar-refractivity contribution in [2.24, 2.45) is 14.1 Å². The van der Waals surface area contributed by atoms with Crippen molar-refractivity contribution in [2.45, 2.75) is 6.92 Å². The highest BCUT2D eigenvalue weighted by atomic mass is 16.5. The minimum atomic E-state index is -0.381. The summed E-state index contributed by atoms with van der Waals surface area (Å²) in [7, 11) is 6.37. The SMILES string of the molecule is CNC(=O)c1cccc(NC(=O)c2nn(C)c3ccc(-c4ccc(-n5c(OC)nn(C)c5=O)cc4)c(C)c23)c1. The number of hydrogen-bond donors (Lipinski definition) is 2. The molecule has 0 atom stereocenters. The van der Waals surface area contributed by atoms with Crippen LogP contribution in [-0.4, -0.2) is 50.1 Å². The third-order valence-electron chi connectivity index (χ3n) is 6.62. The minimum absolute atomic E-state index is 0.194. The molecule has 5 rings (SSSR count). The predicted octanol–water partition coefficient (Wildman–Crippen LogP) is 3.05. The molecule has 11 nitrogen and oxygen atoms in total. The van der Waals surface area contributed by atoms with Gasteiger partial charge in [0.05, 0.1) is 18.3 Å². The molecule has 2 heterocycles. The quantitative estimate of drug-likeness (QED) is 0.351. The maximum absolute atomic E-state index is 13.3. The number of carbonyl (C=O) groups is 2. The zero-order valence-corrected chi connectivity index (χ0v) is 22.1. The van der Waals surface area contributed by atoms with Crippen LogP contribution in [0.5, 0.6) is 6.01 Å². The highest BCUT2D eigenvalue weighted by Crippen LogP contribution is 2.32. The molecule has 2 amide bonds. The Bertz CT molecular complexity index is 1800. The Morgan fingerprint density at radius 1 is 0.923 bits per heavy atom. The second-order valence-electron chi connectivity index (χ2n) is 8.99. The van der Waals surface area contributed by atoms with Gasteiger partial charge in [0.1, 0.15) is 0 Å². The molecule has 39 heavy (non-hydrogen) atoms. The van der Waals surface area contributed by atoms with Crippen LogP contribution in [0.1, 0.15) is 26.4 Å². The Morgan fingerprint density at radius 2 is 1.67 bits per heavy atom. The molecule has 0 fully saturated rings. The lowest BCUT2D eigenvalue weighted by atomic mass is 9.96. The van der Waals surface area contributed by atoms with Gasteiger partial charge in [-0.3, -0.25) is 14.3 Å². The molecular weight excluding hydrogens is 498 g/mol. The topological polar surface area (TPSA) is 125 Å². The Morgan fingerprint density at radius 3 is 2.36 bits per heavy atom. The van der Waals surface area contributed by atoms with Crippen LogP contribution in [-0.2, 0) is 14.1 Å². The van der Waals surface area contributed by atoms with Gasteiger partial charge >= 0.3 is 11.7 Å². The average molecular weight is 526 g/mol. The van der Waals surface area contributed by atoms with Gasteiger partial charge in [-0.2, -0.15) is 5.10 Å². The highest BCUT2D eigenvalue weighted by Gasteiger charge is 2.21. The number of ether oxygens (including phenoxy) is 1. The number of hydrogen-bond acceptors (Lipinski definition) is 6. The van der Waals surface area contributed by atoms with Crippen LogP contribution in [0.3, 0.4) is 0 Å². The summed E-state index contributed by atoms with van der Waals surface area (Å²) in [5, 5.41) is 14.8. The van der Waals surface area contributed by atoms with Gasteiger partial charge in [-0.05, 0) is 60.0 Å². The summed E-state index contributed by atoms with van der Waals surface area (Å²) in [5.41, 5.74) is 5.03. The largest absolute Gasteiger partial charge is 0.467 e. The number of nitrogens with one attached hydrogen (secondary N) is 2. The lowest BCUT2D eigenvalue weighted by Gasteiger charge is -2.11. The first kappa shape index (κ1) is 25.5. The first-order valence-corrected chi connectivity index (χ1v) is 12.1. The zero-order valence-electron chi connectivity index (χ0n) is 22.1. The molecule has 2 aromatic heterocycles. The van der Waals surface area contributed by atoms with Crippen LogP contribution < -0.4 is 21.1 Å². The van der Waals surface area contributed by atoms with Crippen molar-refractivity contribution in [2.75, 3.05) is 19.5 Å². The van der Waals surface area contributed by atoms with E-state index in [4.69, 9.17) is 4.74 Å². The Hall–Kier alpha value is -5.19. The maximum atomic E-state index is 13.3. The maximum Gasteiger partial charge on any atom is 0.353 e. The summed E-state index contributed by atoms with van der Waals surface area (Å²) >= 11 is 0. The second-order valence-corrected chi connectivity index (χ2v) is 8.99. The van der Waals surface area contributed by atoms with E-state index in [9.17, 15) is 14.4 Å². The fourth-order valence-electron chi connectivity index (χ4n) is 4.65. The normalized spacial score (nSPS) is 11.0. The van der Waals surface area contributed by atoms with Gasteiger partial charge in [-0.15, -0.1) is 5.10 Å². The van der Waals surface area contributed by atoms with Crippen LogP contribution in [0.25, 0.3) is 27.7 Å². The number of aryl methyl sites for hydroxylation is 3. The molecule has 5 aromatic rings. The number of carbonyl (C=O) groups excluding carboxylic acids is 2. The summed E-state index contributed by atoms with van der Waals surface area (Å²) in [4.78, 5) is 37.9. The predicted molar refractivity (Wildman–Crippen MR) is 148 cm³/mol. The standard InChI is InChI=1S/C28H27N7O4/c1-16-21(17-9-11-20(12-10-17)35-27(39-5)32-34(4)28(35)38)13-14-22-23(16)24(31-33(22)3)26(37)30-19-8-6-7-18(15-19)25(36)29-2/h6-15H,1-5H3,(H,29,36)(H,30,37). The molecule has 0 spiro atoms. The number of rotatable bonds is 6. The monoisotopic (exact) mass is 525 g/mol.